The third kappa shape index (κ3) is 3.77. The van der Waals surface area contributed by atoms with Crippen molar-refractivity contribution in [2.24, 2.45) is 4.99 Å². The lowest BCUT2D eigenvalue weighted by molar-refractivity contribution is 0.417. The number of amidine groups is 1. The van der Waals surface area contributed by atoms with Crippen LogP contribution in [0.3, 0.4) is 0 Å². The van der Waals surface area contributed by atoms with E-state index >= 15 is 0 Å². The van der Waals surface area contributed by atoms with Crippen molar-refractivity contribution < 1.29 is 4.74 Å². The normalized spacial score (nSPS) is 11.7. The van der Waals surface area contributed by atoms with Crippen LogP contribution in [-0.4, -0.2) is 24.6 Å². The summed E-state index contributed by atoms with van der Waals surface area (Å²) in [6.45, 7) is 4.28. The van der Waals surface area contributed by atoms with E-state index in [0.717, 1.165) is 16.6 Å². The van der Waals surface area contributed by atoms with Crippen LogP contribution in [0.5, 0.6) is 5.75 Å². The molecule has 0 spiro atoms. The second-order valence-corrected chi connectivity index (χ2v) is 5.09. The van der Waals surface area contributed by atoms with Crippen molar-refractivity contribution in [3.8, 4) is 5.75 Å². The van der Waals surface area contributed by atoms with Gasteiger partial charge in [-0.15, -0.1) is 0 Å². The third-order valence-corrected chi connectivity index (χ3v) is 2.88. The van der Waals surface area contributed by atoms with E-state index in [1.54, 1.807) is 25.9 Å². The predicted octanol–water partition coefficient (Wildman–Crippen LogP) is 3.23. The van der Waals surface area contributed by atoms with Gasteiger partial charge < -0.3 is 10.1 Å². The average Bonchev–Trinajstić information content (AvgIpc) is 2.28. The highest BCUT2D eigenvalue weighted by Gasteiger charge is 2.06. The lowest BCUT2D eigenvalue weighted by atomic mass is 10.3. The molecular weight excluding hydrogens is 220 g/mol. The minimum atomic E-state index is 0.501. The monoisotopic (exact) mass is 238 g/mol. The van der Waals surface area contributed by atoms with Gasteiger partial charge in [-0.2, -0.15) is 0 Å². The number of hydrogen-bond donors (Lipinski definition) is 1. The Morgan fingerprint density at radius 1 is 1.38 bits per heavy atom. The topological polar surface area (TPSA) is 33.6 Å². The predicted molar refractivity (Wildman–Crippen MR) is 72.7 cm³/mol. The number of anilines is 1. The molecule has 0 radical (unpaired) electrons. The summed E-state index contributed by atoms with van der Waals surface area (Å²) in [6, 6.07) is 7.82. The number of nitrogens with zero attached hydrogens (tertiary/aromatic N) is 1. The smallest absolute Gasteiger partial charge is 0.161 e. The molecule has 0 aliphatic rings. The Labute approximate surface area is 101 Å². The van der Waals surface area contributed by atoms with Gasteiger partial charge in [-0.05, 0) is 12.1 Å². The van der Waals surface area contributed by atoms with Gasteiger partial charge in [-0.3, -0.25) is 4.99 Å². The maximum Gasteiger partial charge on any atom is 0.161 e. The van der Waals surface area contributed by atoms with Crippen molar-refractivity contribution >= 4 is 22.6 Å². The first-order valence-electron chi connectivity index (χ1n) is 5.21. The Balaban J connectivity index is 2.78. The minimum Gasteiger partial charge on any atom is -0.495 e. The van der Waals surface area contributed by atoms with Crippen LogP contribution in [0.4, 0.5) is 5.69 Å². The molecule has 16 heavy (non-hydrogen) atoms. The number of ether oxygens (including phenoxy) is 1. The van der Waals surface area contributed by atoms with E-state index < -0.39 is 0 Å². The summed E-state index contributed by atoms with van der Waals surface area (Å²) in [5.41, 5.74) is 0.943. The summed E-state index contributed by atoms with van der Waals surface area (Å²) in [4.78, 5) is 4.21. The Bertz CT molecular complexity index is 364. The Morgan fingerprint density at radius 3 is 2.62 bits per heavy atom. The Hall–Kier alpha value is -1.16. The van der Waals surface area contributed by atoms with Crippen LogP contribution in [0.25, 0.3) is 0 Å². The highest BCUT2D eigenvalue weighted by Crippen LogP contribution is 2.25. The Kier molecular flexibility index (Phi) is 5.19. The Morgan fingerprint density at radius 2 is 2.06 bits per heavy atom. The van der Waals surface area contributed by atoms with Gasteiger partial charge in [0.15, 0.2) is 5.17 Å². The maximum absolute atomic E-state index is 5.27. The number of hydrogen-bond acceptors (Lipinski definition) is 3. The average molecular weight is 238 g/mol. The molecule has 0 bridgehead atoms. The second kappa shape index (κ2) is 6.43. The number of thioether (sulfide) groups is 1. The lowest BCUT2D eigenvalue weighted by Gasteiger charge is -2.13. The summed E-state index contributed by atoms with van der Waals surface area (Å²) >= 11 is 1.70. The van der Waals surface area contributed by atoms with Crippen LogP contribution in [0, 0.1) is 0 Å². The largest absolute Gasteiger partial charge is 0.495 e. The van der Waals surface area contributed by atoms with Crippen LogP contribution in [0.2, 0.25) is 0 Å². The first kappa shape index (κ1) is 12.9. The highest BCUT2D eigenvalue weighted by atomic mass is 32.2. The molecule has 1 N–H and O–H groups in total. The van der Waals surface area contributed by atoms with Gasteiger partial charge in [0, 0.05) is 12.3 Å². The van der Waals surface area contributed by atoms with Crippen LogP contribution >= 0.6 is 11.8 Å². The number of nitrogens with one attached hydrogen (secondary N) is 1. The van der Waals surface area contributed by atoms with Crippen molar-refractivity contribution in [1.82, 2.24) is 0 Å². The van der Waals surface area contributed by atoms with Crippen molar-refractivity contribution in [1.29, 1.82) is 0 Å². The van der Waals surface area contributed by atoms with Gasteiger partial charge in [0.2, 0.25) is 0 Å². The van der Waals surface area contributed by atoms with Crippen molar-refractivity contribution in [2.45, 2.75) is 19.1 Å². The summed E-state index contributed by atoms with van der Waals surface area (Å²) in [6.07, 6.45) is 0. The standard InChI is InChI=1S/C12H18N2OS/c1-9(2)16-12(13-3)14-10-7-5-6-8-11(10)15-4/h5-9H,1-4H3,(H,13,14). The first-order valence-corrected chi connectivity index (χ1v) is 6.08. The number of aliphatic imine (C=N–C) groups is 1. The number of para-hydroxylation sites is 2. The molecule has 0 atom stereocenters. The van der Waals surface area contributed by atoms with E-state index in [2.05, 4.69) is 24.2 Å². The molecule has 1 aromatic carbocycles. The second-order valence-electron chi connectivity index (χ2n) is 3.52. The van der Waals surface area contributed by atoms with Crippen LogP contribution < -0.4 is 10.1 Å². The number of rotatable bonds is 3. The summed E-state index contributed by atoms with van der Waals surface area (Å²) < 4.78 is 5.27. The summed E-state index contributed by atoms with van der Waals surface area (Å²) in [5.74, 6) is 0.827. The number of methoxy groups -OCH3 is 1. The number of benzene rings is 1. The zero-order chi connectivity index (χ0) is 12.0. The highest BCUT2D eigenvalue weighted by molar-refractivity contribution is 8.14. The zero-order valence-corrected chi connectivity index (χ0v) is 11.0. The van der Waals surface area contributed by atoms with E-state index in [1.165, 1.54) is 0 Å². The third-order valence-electron chi connectivity index (χ3n) is 1.90. The molecule has 0 amide bonds. The maximum atomic E-state index is 5.27. The fourth-order valence-electron chi connectivity index (χ4n) is 1.22. The van der Waals surface area contributed by atoms with E-state index in [9.17, 15) is 0 Å². The summed E-state index contributed by atoms with van der Waals surface area (Å²) in [5, 5.41) is 4.67. The molecular formula is C12H18N2OS. The van der Waals surface area contributed by atoms with Crippen LogP contribution in [0.1, 0.15) is 13.8 Å². The first-order chi connectivity index (χ1) is 7.67. The van der Waals surface area contributed by atoms with Gasteiger partial charge in [0.1, 0.15) is 5.75 Å². The molecule has 1 aromatic rings. The van der Waals surface area contributed by atoms with Crippen molar-refractivity contribution in [2.75, 3.05) is 19.5 Å². The van der Waals surface area contributed by atoms with Crippen molar-refractivity contribution in [3.63, 3.8) is 0 Å². The van der Waals surface area contributed by atoms with Gasteiger partial charge in [0.05, 0.1) is 12.8 Å². The van der Waals surface area contributed by atoms with Gasteiger partial charge in [0.25, 0.3) is 0 Å². The summed E-state index contributed by atoms with van der Waals surface area (Å²) in [7, 11) is 3.45. The van der Waals surface area contributed by atoms with Gasteiger partial charge in [-0.25, -0.2) is 0 Å². The van der Waals surface area contributed by atoms with E-state index in [4.69, 9.17) is 4.74 Å². The molecule has 0 fully saturated rings. The molecule has 0 saturated carbocycles. The van der Waals surface area contributed by atoms with Gasteiger partial charge in [-0.1, -0.05) is 37.7 Å². The molecule has 0 aromatic heterocycles. The molecule has 0 saturated heterocycles. The van der Waals surface area contributed by atoms with E-state index in [1.807, 2.05) is 24.3 Å². The van der Waals surface area contributed by atoms with E-state index in [0.29, 0.717) is 5.25 Å². The molecule has 1 rings (SSSR count). The van der Waals surface area contributed by atoms with Crippen molar-refractivity contribution in [3.05, 3.63) is 24.3 Å². The zero-order valence-electron chi connectivity index (χ0n) is 10.2. The molecule has 0 unspecified atom stereocenters. The molecule has 88 valence electrons. The minimum absolute atomic E-state index is 0.501. The lowest BCUT2D eigenvalue weighted by Crippen LogP contribution is -2.11. The molecule has 4 heteroatoms. The van der Waals surface area contributed by atoms with E-state index in [-0.39, 0.29) is 0 Å². The van der Waals surface area contributed by atoms with Gasteiger partial charge >= 0.3 is 0 Å². The molecule has 3 nitrogen and oxygen atoms in total. The van der Waals surface area contributed by atoms with Crippen LogP contribution in [-0.2, 0) is 0 Å². The molecule has 0 aliphatic heterocycles. The molecule has 0 heterocycles. The fourth-order valence-corrected chi connectivity index (χ4v) is 1.95. The fraction of sp³-hybridized carbons (Fsp3) is 0.417. The molecule has 0 aliphatic carbocycles. The SMILES string of the molecule is CN=C(Nc1ccccc1OC)SC(C)C. The quantitative estimate of drug-likeness (QED) is 0.648. The van der Waals surface area contributed by atoms with Crippen LogP contribution in [0.15, 0.2) is 29.3 Å².